The van der Waals surface area contributed by atoms with Crippen molar-refractivity contribution in [2.24, 2.45) is 5.92 Å². The number of carbonyl (C=O) groups excluding carboxylic acids is 1. The molecule has 0 spiro atoms. The lowest BCUT2D eigenvalue weighted by atomic mass is 10.1. The molecule has 0 aromatic rings. The Morgan fingerprint density at radius 1 is 1.50 bits per heavy atom. The molecule has 1 fully saturated rings. The van der Waals surface area contributed by atoms with Gasteiger partial charge in [0.15, 0.2) is 0 Å². The lowest BCUT2D eigenvalue weighted by Gasteiger charge is -2.22. The Kier molecular flexibility index (Phi) is 5.43. The van der Waals surface area contributed by atoms with Gasteiger partial charge in [-0.05, 0) is 26.2 Å². The number of nitrogens with zero attached hydrogens (tertiary/aromatic N) is 2. The summed E-state index contributed by atoms with van der Waals surface area (Å²) in [4.78, 5) is 24.2. The number of nitrogens with one attached hydrogen (secondary N) is 1. The van der Waals surface area contributed by atoms with Crippen LogP contribution in [0.1, 0.15) is 32.6 Å². The minimum Gasteiger partial charge on any atom is -0.481 e. The largest absolute Gasteiger partial charge is 0.481 e. The fourth-order valence-electron chi connectivity index (χ4n) is 2.19. The summed E-state index contributed by atoms with van der Waals surface area (Å²) in [6.07, 6.45) is 2.13. The summed E-state index contributed by atoms with van der Waals surface area (Å²) in [7, 11) is 0. The molecule has 2 unspecified atom stereocenters. The molecular formula is C12H19N3O3. The van der Waals surface area contributed by atoms with Crippen LogP contribution in [0, 0.1) is 17.2 Å². The third-order valence-electron chi connectivity index (χ3n) is 3.27. The van der Waals surface area contributed by atoms with Gasteiger partial charge in [0.05, 0.1) is 18.4 Å². The summed E-state index contributed by atoms with van der Waals surface area (Å²) < 4.78 is 0. The molecule has 0 radical (unpaired) electrons. The van der Waals surface area contributed by atoms with Crippen molar-refractivity contribution in [2.45, 2.75) is 38.6 Å². The molecule has 1 saturated carbocycles. The van der Waals surface area contributed by atoms with Gasteiger partial charge in [-0.2, -0.15) is 5.26 Å². The number of rotatable bonds is 5. The van der Waals surface area contributed by atoms with Crippen molar-refractivity contribution in [3.05, 3.63) is 0 Å². The van der Waals surface area contributed by atoms with Crippen LogP contribution >= 0.6 is 0 Å². The maximum Gasteiger partial charge on any atom is 0.317 e. The van der Waals surface area contributed by atoms with Gasteiger partial charge in [-0.25, -0.2) is 4.79 Å². The number of carboxylic acids is 1. The second kappa shape index (κ2) is 6.84. The van der Waals surface area contributed by atoms with Gasteiger partial charge in [0.1, 0.15) is 0 Å². The molecule has 0 heterocycles. The van der Waals surface area contributed by atoms with E-state index in [1.54, 1.807) is 4.90 Å². The van der Waals surface area contributed by atoms with E-state index < -0.39 is 5.97 Å². The standard InChI is InChI=1S/C12H19N3O3/c1-2-15(7-3-6-13)12(18)14-10-5-4-9(8-10)11(16)17/h9-10H,2-5,7-8H2,1H3,(H,14,18)(H,16,17). The molecule has 0 aromatic carbocycles. The molecule has 6 heteroatoms. The van der Waals surface area contributed by atoms with Gasteiger partial charge in [-0.15, -0.1) is 0 Å². The van der Waals surface area contributed by atoms with E-state index in [2.05, 4.69) is 5.32 Å². The first-order chi connectivity index (χ1) is 8.58. The van der Waals surface area contributed by atoms with Crippen molar-refractivity contribution in [2.75, 3.05) is 13.1 Å². The minimum atomic E-state index is -0.788. The number of hydrogen-bond donors (Lipinski definition) is 2. The fraction of sp³-hybridized carbons (Fsp3) is 0.750. The average molecular weight is 253 g/mol. The first-order valence-corrected chi connectivity index (χ1v) is 6.23. The Hall–Kier alpha value is -1.77. The normalized spacial score (nSPS) is 22.2. The highest BCUT2D eigenvalue weighted by atomic mass is 16.4. The maximum absolute atomic E-state index is 11.9. The molecule has 1 aliphatic rings. The van der Waals surface area contributed by atoms with E-state index in [9.17, 15) is 9.59 Å². The highest BCUT2D eigenvalue weighted by Crippen LogP contribution is 2.25. The van der Waals surface area contributed by atoms with Gasteiger partial charge < -0.3 is 15.3 Å². The van der Waals surface area contributed by atoms with Crippen LogP contribution in [-0.2, 0) is 4.79 Å². The van der Waals surface area contributed by atoms with Crippen molar-refractivity contribution in [1.29, 1.82) is 5.26 Å². The van der Waals surface area contributed by atoms with E-state index in [0.29, 0.717) is 38.8 Å². The summed E-state index contributed by atoms with van der Waals surface area (Å²) in [6, 6.07) is 1.74. The predicted molar refractivity (Wildman–Crippen MR) is 64.8 cm³/mol. The quantitative estimate of drug-likeness (QED) is 0.769. The number of hydrogen-bond acceptors (Lipinski definition) is 3. The number of carboxylic acid groups (broad SMARTS) is 1. The van der Waals surface area contributed by atoms with Gasteiger partial charge in [0.25, 0.3) is 0 Å². The molecule has 2 N–H and O–H groups in total. The van der Waals surface area contributed by atoms with Gasteiger partial charge >= 0.3 is 12.0 Å². The number of aliphatic carboxylic acids is 1. The number of nitriles is 1. The molecule has 0 aliphatic heterocycles. The van der Waals surface area contributed by atoms with E-state index in [4.69, 9.17) is 10.4 Å². The Morgan fingerprint density at radius 2 is 2.22 bits per heavy atom. The minimum absolute atomic E-state index is 0.0604. The van der Waals surface area contributed by atoms with E-state index in [1.807, 2.05) is 13.0 Å². The SMILES string of the molecule is CCN(CCC#N)C(=O)NC1CCC(C(=O)O)C1. The summed E-state index contributed by atoms with van der Waals surface area (Å²) in [5.41, 5.74) is 0. The van der Waals surface area contributed by atoms with Crippen LogP contribution in [0.4, 0.5) is 4.79 Å². The van der Waals surface area contributed by atoms with E-state index >= 15 is 0 Å². The Labute approximate surface area is 107 Å². The van der Waals surface area contributed by atoms with Crippen LogP contribution in [0.15, 0.2) is 0 Å². The number of amides is 2. The topological polar surface area (TPSA) is 93.4 Å². The van der Waals surface area contributed by atoms with Crippen LogP contribution in [-0.4, -0.2) is 41.1 Å². The van der Waals surface area contributed by atoms with Crippen molar-refractivity contribution in [3.8, 4) is 6.07 Å². The molecule has 2 amide bonds. The van der Waals surface area contributed by atoms with Crippen molar-refractivity contribution in [3.63, 3.8) is 0 Å². The van der Waals surface area contributed by atoms with Gasteiger partial charge in [0, 0.05) is 19.1 Å². The number of carbonyl (C=O) groups is 2. The maximum atomic E-state index is 11.9. The van der Waals surface area contributed by atoms with Crippen LogP contribution in [0.25, 0.3) is 0 Å². The zero-order chi connectivity index (χ0) is 13.5. The molecule has 1 rings (SSSR count). The molecule has 2 atom stereocenters. The van der Waals surface area contributed by atoms with E-state index in [0.717, 1.165) is 0 Å². The molecular weight excluding hydrogens is 234 g/mol. The van der Waals surface area contributed by atoms with Crippen LogP contribution < -0.4 is 5.32 Å². The van der Waals surface area contributed by atoms with Crippen molar-refractivity contribution >= 4 is 12.0 Å². The fourth-order valence-corrected chi connectivity index (χ4v) is 2.19. The highest BCUT2D eigenvalue weighted by molar-refractivity contribution is 5.75. The van der Waals surface area contributed by atoms with Crippen molar-refractivity contribution in [1.82, 2.24) is 10.2 Å². The Balaban J connectivity index is 2.40. The van der Waals surface area contributed by atoms with Crippen LogP contribution in [0.5, 0.6) is 0 Å². The molecule has 1 aliphatic carbocycles. The third-order valence-corrected chi connectivity index (χ3v) is 3.27. The second-order valence-electron chi connectivity index (χ2n) is 4.48. The van der Waals surface area contributed by atoms with E-state index in [-0.39, 0.29) is 18.0 Å². The first kappa shape index (κ1) is 14.3. The van der Waals surface area contributed by atoms with E-state index in [1.165, 1.54) is 0 Å². The highest BCUT2D eigenvalue weighted by Gasteiger charge is 2.31. The van der Waals surface area contributed by atoms with Crippen LogP contribution in [0.2, 0.25) is 0 Å². The van der Waals surface area contributed by atoms with Crippen molar-refractivity contribution < 1.29 is 14.7 Å². The number of urea groups is 1. The monoisotopic (exact) mass is 253 g/mol. The van der Waals surface area contributed by atoms with Gasteiger partial charge in [0.2, 0.25) is 0 Å². The Morgan fingerprint density at radius 3 is 2.72 bits per heavy atom. The molecule has 0 bridgehead atoms. The molecule has 0 aromatic heterocycles. The van der Waals surface area contributed by atoms with Gasteiger partial charge in [-0.1, -0.05) is 0 Å². The predicted octanol–water partition coefficient (Wildman–Crippen LogP) is 1.18. The third kappa shape index (κ3) is 3.91. The molecule has 100 valence electrons. The second-order valence-corrected chi connectivity index (χ2v) is 4.48. The summed E-state index contributed by atoms with van der Waals surface area (Å²) in [6.45, 7) is 2.81. The smallest absolute Gasteiger partial charge is 0.317 e. The van der Waals surface area contributed by atoms with Gasteiger partial charge in [-0.3, -0.25) is 4.79 Å². The van der Waals surface area contributed by atoms with Crippen LogP contribution in [0.3, 0.4) is 0 Å². The first-order valence-electron chi connectivity index (χ1n) is 6.23. The Bertz CT molecular complexity index is 351. The lowest BCUT2D eigenvalue weighted by molar-refractivity contribution is -0.141. The average Bonchev–Trinajstić information content (AvgIpc) is 2.78. The molecule has 0 saturated heterocycles. The molecule has 18 heavy (non-hydrogen) atoms. The zero-order valence-electron chi connectivity index (χ0n) is 10.6. The lowest BCUT2D eigenvalue weighted by Crippen LogP contribution is -2.44. The summed E-state index contributed by atoms with van der Waals surface area (Å²) in [5.74, 6) is -1.13. The molecule has 6 nitrogen and oxygen atoms in total. The summed E-state index contributed by atoms with van der Waals surface area (Å²) >= 11 is 0. The zero-order valence-corrected chi connectivity index (χ0v) is 10.6. The summed E-state index contributed by atoms with van der Waals surface area (Å²) in [5, 5.41) is 20.2.